The third-order valence-corrected chi connectivity index (χ3v) is 3.72. The van der Waals surface area contributed by atoms with Crippen LogP contribution < -0.4 is 0 Å². The molecule has 0 bridgehead atoms. The fraction of sp³-hybridized carbons (Fsp3) is 0.250. The molecule has 74 valence electrons. The Bertz CT molecular complexity index is 497. The first-order chi connectivity index (χ1) is 6.72. The maximum absolute atomic E-state index is 5.12. The fourth-order valence-electron chi connectivity index (χ4n) is 1.26. The molecular weight excluding hydrogens is 282 g/mol. The van der Waals surface area contributed by atoms with Gasteiger partial charge in [0.1, 0.15) is 0 Å². The first kappa shape index (κ1) is 10.1. The number of nitrogens with one attached hydrogen (secondary N) is 1. The Hall–Kier alpha value is -0.460. The number of halogens is 1. The lowest BCUT2D eigenvalue weighted by molar-refractivity contribution is 0.756. The van der Waals surface area contributed by atoms with Gasteiger partial charge in [-0.3, -0.25) is 5.10 Å². The van der Waals surface area contributed by atoms with E-state index in [0.29, 0.717) is 4.77 Å². The number of H-pyrrole nitrogens is 1. The number of hydrogen-bond acceptors (Lipinski definition) is 3. The zero-order chi connectivity index (χ0) is 10.1. The Balaban J connectivity index is 2.56. The molecule has 2 aromatic heterocycles. The maximum atomic E-state index is 5.12. The van der Waals surface area contributed by atoms with Crippen LogP contribution in [0.2, 0.25) is 0 Å². The molecule has 1 N–H and O–H groups in total. The van der Waals surface area contributed by atoms with Crippen molar-refractivity contribution < 1.29 is 0 Å². The topological polar surface area (TPSA) is 33.6 Å². The Morgan fingerprint density at radius 2 is 2.50 bits per heavy atom. The molecule has 0 aliphatic carbocycles. The summed E-state index contributed by atoms with van der Waals surface area (Å²) in [4.78, 5) is 0. The summed E-state index contributed by atoms with van der Waals surface area (Å²) < 4.78 is 3.75. The second kappa shape index (κ2) is 3.96. The fourth-order valence-corrected chi connectivity index (χ4v) is 2.65. The van der Waals surface area contributed by atoms with Crippen molar-refractivity contribution in [1.82, 2.24) is 14.8 Å². The molecule has 0 saturated carbocycles. The van der Waals surface area contributed by atoms with Gasteiger partial charge in [0.2, 0.25) is 0 Å². The van der Waals surface area contributed by atoms with Gasteiger partial charge in [0.15, 0.2) is 10.6 Å². The average Bonchev–Trinajstić information content (AvgIpc) is 2.71. The summed E-state index contributed by atoms with van der Waals surface area (Å²) in [6.45, 7) is 2.88. The van der Waals surface area contributed by atoms with Crippen LogP contribution >= 0.6 is 39.5 Å². The standard InChI is InChI=1S/C8H8BrN3S2/c1-2-12-7(10-11-8(12)13)5-3-6(9)14-4-5/h3-4H,2H2,1H3,(H,11,13). The van der Waals surface area contributed by atoms with Gasteiger partial charge >= 0.3 is 0 Å². The van der Waals surface area contributed by atoms with Crippen molar-refractivity contribution in [2.24, 2.45) is 0 Å². The monoisotopic (exact) mass is 289 g/mol. The molecule has 2 heterocycles. The highest BCUT2D eigenvalue weighted by molar-refractivity contribution is 9.11. The van der Waals surface area contributed by atoms with Gasteiger partial charge in [-0.05, 0) is 41.1 Å². The molecular formula is C8H8BrN3S2. The third-order valence-electron chi connectivity index (χ3n) is 1.90. The maximum Gasteiger partial charge on any atom is 0.195 e. The molecule has 0 spiro atoms. The van der Waals surface area contributed by atoms with Crippen molar-refractivity contribution in [3.05, 3.63) is 20.0 Å². The van der Waals surface area contributed by atoms with Crippen LogP contribution in [0.4, 0.5) is 0 Å². The molecule has 0 amide bonds. The lowest BCUT2D eigenvalue weighted by atomic mass is 10.3. The van der Waals surface area contributed by atoms with Gasteiger partial charge in [0.05, 0.1) is 3.79 Å². The molecule has 0 aliphatic rings. The van der Waals surface area contributed by atoms with Crippen molar-refractivity contribution in [3.63, 3.8) is 0 Å². The number of rotatable bonds is 2. The van der Waals surface area contributed by atoms with E-state index in [1.807, 2.05) is 10.6 Å². The molecule has 0 aromatic carbocycles. The quantitative estimate of drug-likeness (QED) is 0.859. The lowest BCUT2D eigenvalue weighted by Crippen LogP contribution is -1.96. The minimum absolute atomic E-state index is 0.671. The summed E-state index contributed by atoms with van der Waals surface area (Å²) in [6, 6.07) is 2.04. The summed E-state index contributed by atoms with van der Waals surface area (Å²) in [7, 11) is 0. The molecule has 0 radical (unpaired) electrons. The molecule has 0 aliphatic heterocycles. The van der Waals surface area contributed by atoms with Gasteiger partial charge in [0.25, 0.3) is 0 Å². The summed E-state index contributed by atoms with van der Waals surface area (Å²) in [5.74, 6) is 0.902. The van der Waals surface area contributed by atoms with Gasteiger partial charge in [0, 0.05) is 17.5 Å². The highest BCUT2D eigenvalue weighted by Crippen LogP contribution is 2.27. The molecule has 14 heavy (non-hydrogen) atoms. The van der Waals surface area contributed by atoms with Gasteiger partial charge in [-0.25, -0.2) is 0 Å². The van der Waals surface area contributed by atoms with E-state index in [1.54, 1.807) is 11.3 Å². The largest absolute Gasteiger partial charge is 0.300 e. The number of aromatic nitrogens is 3. The van der Waals surface area contributed by atoms with Crippen molar-refractivity contribution >= 4 is 39.5 Å². The minimum Gasteiger partial charge on any atom is -0.300 e. The Morgan fingerprint density at radius 1 is 1.71 bits per heavy atom. The van der Waals surface area contributed by atoms with Crippen molar-refractivity contribution in [1.29, 1.82) is 0 Å². The van der Waals surface area contributed by atoms with Crippen LogP contribution in [0.15, 0.2) is 15.2 Å². The molecule has 2 rings (SSSR count). The van der Waals surface area contributed by atoms with E-state index in [4.69, 9.17) is 12.2 Å². The third kappa shape index (κ3) is 1.69. The predicted octanol–water partition coefficient (Wildman–Crippen LogP) is 3.45. The molecule has 3 nitrogen and oxygen atoms in total. The van der Waals surface area contributed by atoms with Crippen LogP contribution in [0.5, 0.6) is 0 Å². The number of thiophene rings is 1. The molecule has 6 heteroatoms. The number of nitrogens with zero attached hydrogens (tertiary/aromatic N) is 2. The minimum atomic E-state index is 0.671. The summed E-state index contributed by atoms with van der Waals surface area (Å²) in [6.07, 6.45) is 0. The molecule has 2 aromatic rings. The normalized spacial score (nSPS) is 10.7. The van der Waals surface area contributed by atoms with E-state index in [9.17, 15) is 0 Å². The van der Waals surface area contributed by atoms with Gasteiger partial charge in [-0.2, -0.15) is 5.10 Å². The Kier molecular flexibility index (Phi) is 2.85. The van der Waals surface area contributed by atoms with E-state index in [0.717, 1.165) is 21.7 Å². The first-order valence-electron chi connectivity index (χ1n) is 4.12. The van der Waals surface area contributed by atoms with Gasteiger partial charge < -0.3 is 4.57 Å². The second-order valence-corrected chi connectivity index (χ2v) is 5.41. The van der Waals surface area contributed by atoms with Crippen LogP contribution in [0.25, 0.3) is 11.4 Å². The number of aromatic amines is 1. The van der Waals surface area contributed by atoms with Crippen molar-refractivity contribution in [3.8, 4) is 11.4 Å². The van der Waals surface area contributed by atoms with Crippen LogP contribution in [0, 0.1) is 4.77 Å². The van der Waals surface area contributed by atoms with Crippen LogP contribution in [-0.2, 0) is 6.54 Å². The molecule has 0 atom stereocenters. The van der Waals surface area contributed by atoms with Crippen molar-refractivity contribution in [2.45, 2.75) is 13.5 Å². The van der Waals surface area contributed by atoms with Gasteiger partial charge in [-0.15, -0.1) is 11.3 Å². The van der Waals surface area contributed by atoms with Crippen LogP contribution in [0.1, 0.15) is 6.92 Å². The summed E-state index contributed by atoms with van der Waals surface area (Å²) in [5, 5.41) is 9.06. The van der Waals surface area contributed by atoms with E-state index in [1.165, 1.54) is 0 Å². The Morgan fingerprint density at radius 3 is 3.07 bits per heavy atom. The second-order valence-electron chi connectivity index (χ2n) is 2.74. The highest BCUT2D eigenvalue weighted by atomic mass is 79.9. The smallest absolute Gasteiger partial charge is 0.195 e. The Labute approximate surface area is 98.9 Å². The van der Waals surface area contributed by atoms with Crippen molar-refractivity contribution in [2.75, 3.05) is 0 Å². The van der Waals surface area contributed by atoms with E-state index in [-0.39, 0.29) is 0 Å². The predicted molar refractivity (Wildman–Crippen MR) is 64.1 cm³/mol. The first-order valence-corrected chi connectivity index (χ1v) is 6.20. The summed E-state index contributed by atoms with van der Waals surface area (Å²) in [5.41, 5.74) is 1.09. The molecule has 0 unspecified atom stereocenters. The molecule has 0 saturated heterocycles. The number of hydrogen-bond donors (Lipinski definition) is 1. The lowest BCUT2D eigenvalue weighted by Gasteiger charge is -1.99. The van der Waals surface area contributed by atoms with E-state index < -0.39 is 0 Å². The zero-order valence-electron chi connectivity index (χ0n) is 7.45. The zero-order valence-corrected chi connectivity index (χ0v) is 10.7. The SMILES string of the molecule is CCn1c(-c2csc(Br)c2)n[nH]c1=S. The average molecular weight is 290 g/mol. The highest BCUT2D eigenvalue weighted by Gasteiger charge is 2.08. The van der Waals surface area contributed by atoms with Gasteiger partial charge in [-0.1, -0.05) is 0 Å². The molecule has 0 fully saturated rings. The van der Waals surface area contributed by atoms with Crippen LogP contribution in [-0.4, -0.2) is 14.8 Å². The summed E-state index contributed by atoms with van der Waals surface area (Å²) >= 11 is 10.2. The van der Waals surface area contributed by atoms with E-state index in [2.05, 4.69) is 38.4 Å². The van der Waals surface area contributed by atoms with E-state index >= 15 is 0 Å². The van der Waals surface area contributed by atoms with Crippen LogP contribution in [0.3, 0.4) is 0 Å².